The highest BCUT2D eigenvalue weighted by atomic mass is 16.5. The molecular weight excluding hydrogens is 128 g/mol. The molecule has 0 saturated heterocycles. The first-order chi connectivity index (χ1) is 4.97. The van der Waals surface area contributed by atoms with Crippen LogP contribution in [0, 0.1) is 0 Å². The van der Waals surface area contributed by atoms with Gasteiger partial charge in [0.2, 0.25) is 6.20 Å². The van der Waals surface area contributed by atoms with Crippen LogP contribution in [0.5, 0.6) is 5.88 Å². The Balaban J connectivity index is 2.41. The molecule has 0 unspecified atom stereocenters. The maximum absolute atomic E-state index is 5.32. The van der Waals surface area contributed by atoms with Gasteiger partial charge in [-0.25, -0.2) is 0 Å². The molecule has 1 N–H and O–H groups in total. The number of ether oxygens (including phenoxy) is 1. The maximum Gasteiger partial charge on any atom is 0.396 e. The zero-order valence-electron chi connectivity index (χ0n) is 5.58. The van der Waals surface area contributed by atoms with Crippen molar-refractivity contribution in [1.82, 2.24) is 0 Å². The number of rotatable bonds is 0. The summed E-state index contributed by atoms with van der Waals surface area (Å²) in [4.78, 5) is 0. The Morgan fingerprint density at radius 2 is 2.50 bits per heavy atom. The van der Waals surface area contributed by atoms with Crippen LogP contribution in [0.3, 0.4) is 0 Å². The number of nitrogens with one attached hydrogen (secondary N) is 1. The van der Waals surface area contributed by atoms with E-state index in [4.69, 9.17) is 4.74 Å². The summed E-state index contributed by atoms with van der Waals surface area (Å²) in [6.45, 7) is 1.63. The molecule has 10 heavy (non-hydrogen) atoms. The first kappa shape index (κ1) is 5.53. The molecule has 2 heterocycles. The summed E-state index contributed by atoms with van der Waals surface area (Å²) < 4.78 is 7.20. The molecule has 0 saturated carbocycles. The van der Waals surface area contributed by atoms with Gasteiger partial charge in [-0.3, -0.25) is 0 Å². The van der Waals surface area contributed by atoms with E-state index >= 15 is 0 Å². The summed E-state index contributed by atoms with van der Waals surface area (Å²) in [5, 5.41) is 0. The van der Waals surface area contributed by atoms with Gasteiger partial charge in [-0.2, -0.15) is 5.43 Å². The summed E-state index contributed by atoms with van der Waals surface area (Å²) in [6.07, 6.45) is 1.94. The highest BCUT2D eigenvalue weighted by Crippen LogP contribution is 2.01. The van der Waals surface area contributed by atoms with E-state index in [0.29, 0.717) is 0 Å². The van der Waals surface area contributed by atoms with Crippen LogP contribution in [-0.4, -0.2) is 13.2 Å². The molecule has 0 spiro atoms. The second-order valence-corrected chi connectivity index (χ2v) is 2.17. The van der Waals surface area contributed by atoms with Gasteiger partial charge in [-0.15, -0.1) is 0 Å². The molecule has 1 aliphatic rings. The lowest BCUT2D eigenvalue weighted by molar-refractivity contribution is -0.663. The summed E-state index contributed by atoms with van der Waals surface area (Å²) in [5.74, 6) is 0.883. The molecule has 0 radical (unpaired) electrons. The molecule has 52 valence electrons. The van der Waals surface area contributed by atoms with E-state index in [1.54, 1.807) is 0 Å². The van der Waals surface area contributed by atoms with Crippen LogP contribution < -0.4 is 14.8 Å². The van der Waals surface area contributed by atoms with Gasteiger partial charge >= 0.3 is 5.88 Å². The Bertz CT molecular complexity index is 212. The quantitative estimate of drug-likeness (QED) is 0.505. The lowest BCUT2D eigenvalue weighted by atomic mass is 10.5. The van der Waals surface area contributed by atoms with E-state index in [-0.39, 0.29) is 0 Å². The third-order valence-electron chi connectivity index (χ3n) is 1.46. The molecule has 2 rings (SSSR count). The van der Waals surface area contributed by atoms with Gasteiger partial charge in [0, 0.05) is 6.07 Å². The second-order valence-electron chi connectivity index (χ2n) is 2.17. The van der Waals surface area contributed by atoms with Gasteiger partial charge in [-0.1, -0.05) is 0 Å². The molecule has 0 bridgehead atoms. The van der Waals surface area contributed by atoms with Crippen molar-refractivity contribution in [1.29, 1.82) is 0 Å². The highest BCUT2D eigenvalue weighted by molar-refractivity contribution is 5.03. The SMILES string of the molecule is c1cc[n+]2c(c1)OCCN2. The Morgan fingerprint density at radius 1 is 1.50 bits per heavy atom. The van der Waals surface area contributed by atoms with Crippen molar-refractivity contribution in [2.45, 2.75) is 0 Å². The van der Waals surface area contributed by atoms with E-state index in [9.17, 15) is 0 Å². The molecular formula is C7H9N2O+. The fourth-order valence-electron chi connectivity index (χ4n) is 0.997. The number of hydrogen-bond donors (Lipinski definition) is 1. The molecule has 0 fully saturated rings. The Morgan fingerprint density at radius 3 is 3.40 bits per heavy atom. The van der Waals surface area contributed by atoms with E-state index in [0.717, 1.165) is 19.0 Å². The van der Waals surface area contributed by atoms with Crippen molar-refractivity contribution in [3.05, 3.63) is 24.4 Å². The van der Waals surface area contributed by atoms with E-state index < -0.39 is 0 Å². The average Bonchev–Trinajstić information content (AvgIpc) is 2.05. The fraction of sp³-hybridized carbons (Fsp3) is 0.286. The van der Waals surface area contributed by atoms with Crippen LogP contribution in [0.2, 0.25) is 0 Å². The minimum absolute atomic E-state index is 0.754. The minimum atomic E-state index is 0.754. The van der Waals surface area contributed by atoms with E-state index in [1.807, 2.05) is 29.1 Å². The van der Waals surface area contributed by atoms with Gasteiger partial charge in [0.1, 0.15) is 13.2 Å². The van der Waals surface area contributed by atoms with Crippen LogP contribution in [0.25, 0.3) is 0 Å². The van der Waals surface area contributed by atoms with Gasteiger partial charge in [0.25, 0.3) is 0 Å². The van der Waals surface area contributed by atoms with Crippen molar-refractivity contribution in [3.8, 4) is 5.88 Å². The van der Waals surface area contributed by atoms with Crippen LogP contribution >= 0.6 is 0 Å². The van der Waals surface area contributed by atoms with Crippen LogP contribution in [0.15, 0.2) is 24.4 Å². The lowest BCUT2D eigenvalue weighted by Gasteiger charge is -2.10. The van der Waals surface area contributed by atoms with Crippen molar-refractivity contribution in [2.24, 2.45) is 0 Å². The number of aromatic nitrogens is 1. The topological polar surface area (TPSA) is 25.1 Å². The third-order valence-corrected chi connectivity index (χ3v) is 1.46. The average molecular weight is 137 g/mol. The number of hydrogen-bond acceptors (Lipinski definition) is 2. The summed E-state index contributed by atoms with van der Waals surface area (Å²) in [7, 11) is 0. The molecule has 0 aliphatic carbocycles. The Labute approximate surface area is 59.2 Å². The van der Waals surface area contributed by atoms with Crippen LogP contribution in [0.4, 0.5) is 0 Å². The van der Waals surface area contributed by atoms with Gasteiger partial charge in [0.15, 0.2) is 0 Å². The molecule has 3 heteroatoms. The normalized spacial score (nSPS) is 14.8. The number of fused-ring (bicyclic) bond motifs is 1. The predicted molar refractivity (Wildman–Crippen MR) is 36.4 cm³/mol. The van der Waals surface area contributed by atoms with Crippen molar-refractivity contribution < 1.29 is 9.41 Å². The first-order valence-corrected chi connectivity index (χ1v) is 3.34. The van der Waals surface area contributed by atoms with Gasteiger partial charge in [-0.05, 0) is 10.7 Å². The van der Waals surface area contributed by atoms with Crippen molar-refractivity contribution in [2.75, 3.05) is 18.6 Å². The fourth-order valence-corrected chi connectivity index (χ4v) is 0.997. The molecule has 1 aromatic heterocycles. The third kappa shape index (κ3) is 0.795. The molecule has 0 atom stereocenters. The smallest absolute Gasteiger partial charge is 0.396 e. The number of nitrogens with zero attached hydrogens (tertiary/aromatic N) is 1. The summed E-state index contributed by atoms with van der Waals surface area (Å²) >= 11 is 0. The zero-order valence-corrected chi connectivity index (χ0v) is 5.58. The van der Waals surface area contributed by atoms with Gasteiger partial charge < -0.3 is 4.74 Å². The first-order valence-electron chi connectivity index (χ1n) is 3.34. The van der Waals surface area contributed by atoms with Crippen molar-refractivity contribution >= 4 is 0 Å². The predicted octanol–water partition coefficient (Wildman–Crippen LogP) is -0.0900. The lowest BCUT2D eigenvalue weighted by Crippen LogP contribution is -2.51. The molecule has 0 amide bonds. The van der Waals surface area contributed by atoms with E-state index in [1.165, 1.54) is 0 Å². The standard InChI is InChI=1S/C7H9N2O/c1-2-5-9-7(3-1)10-6-4-8-9/h1-3,5,8H,4,6H2/q+1. The molecule has 1 aromatic rings. The van der Waals surface area contributed by atoms with Crippen LogP contribution in [-0.2, 0) is 0 Å². The highest BCUT2D eigenvalue weighted by Gasteiger charge is 2.14. The monoisotopic (exact) mass is 137 g/mol. The molecule has 1 aliphatic heterocycles. The van der Waals surface area contributed by atoms with E-state index in [2.05, 4.69) is 5.43 Å². The largest absolute Gasteiger partial charge is 0.440 e. The molecule has 0 aromatic carbocycles. The zero-order chi connectivity index (χ0) is 6.81. The molecule has 3 nitrogen and oxygen atoms in total. The second kappa shape index (κ2) is 2.17. The summed E-state index contributed by atoms with van der Waals surface area (Å²) in [5.41, 5.74) is 3.15. The van der Waals surface area contributed by atoms with Crippen LogP contribution in [0.1, 0.15) is 0 Å². The maximum atomic E-state index is 5.32. The Kier molecular flexibility index (Phi) is 1.20. The van der Waals surface area contributed by atoms with Crippen molar-refractivity contribution in [3.63, 3.8) is 0 Å². The minimum Gasteiger partial charge on any atom is -0.440 e. The van der Waals surface area contributed by atoms with Gasteiger partial charge in [0.05, 0.1) is 6.07 Å². The Hall–Kier alpha value is -1.25. The summed E-state index contributed by atoms with van der Waals surface area (Å²) in [6, 6.07) is 5.86. The number of pyridine rings is 1.